The molecule has 0 unspecified atom stereocenters. The molecule has 0 radical (unpaired) electrons. The van der Waals surface area contributed by atoms with E-state index in [0.717, 1.165) is 11.1 Å². The number of nitrogens with one attached hydrogen (secondary N) is 1. The van der Waals surface area contributed by atoms with Crippen molar-refractivity contribution < 1.29 is 18.7 Å². The number of benzene rings is 3. The van der Waals surface area contributed by atoms with Crippen molar-refractivity contribution in [2.75, 3.05) is 6.61 Å². The van der Waals surface area contributed by atoms with E-state index in [4.69, 9.17) is 4.74 Å². The standard InChI is InChI=1S/C31H37FN2O3/c1-22(2)25-16-10-12-18-28(25)37-21-29(35)34(20-24-15-9-11-17-26(24)32)27(30(36)33-31(3,4)5)19-23-13-7-6-8-14-23/h6-18,22,27H,19-21H2,1-5H3,(H,33,36)/t27-/m1/s1. The Labute approximate surface area is 219 Å². The number of carbonyl (C=O) groups excluding carboxylic acids is 2. The van der Waals surface area contributed by atoms with Gasteiger partial charge in [-0.2, -0.15) is 0 Å². The minimum Gasteiger partial charge on any atom is -0.483 e. The third kappa shape index (κ3) is 8.17. The number of hydrogen-bond acceptors (Lipinski definition) is 3. The number of ether oxygens (including phenoxy) is 1. The second-order valence-corrected chi connectivity index (χ2v) is 10.5. The molecule has 0 aromatic heterocycles. The zero-order chi connectivity index (χ0) is 27.0. The predicted octanol–water partition coefficient (Wildman–Crippen LogP) is 5.88. The van der Waals surface area contributed by atoms with Crippen molar-refractivity contribution in [3.63, 3.8) is 0 Å². The van der Waals surface area contributed by atoms with Crippen molar-refractivity contribution in [1.82, 2.24) is 10.2 Å². The van der Waals surface area contributed by atoms with Gasteiger partial charge in [-0.15, -0.1) is 0 Å². The molecule has 3 aromatic rings. The Morgan fingerprint density at radius 3 is 2.19 bits per heavy atom. The van der Waals surface area contributed by atoms with E-state index in [2.05, 4.69) is 19.2 Å². The lowest BCUT2D eigenvalue weighted by atomic mass is 10.0. The smallest absolute Gasteiger partial charge is 0.261 e. The molecule has 5 nitrogen and oxygen atoms in total. The summed E-state index contributed by atoms with van der Waals surface area (Å²) in [6, 6.07) is 22.5. The molecule has 1 N–H and O–H groups in total. The zero-order valence-corrected chi connectivity index (χ0v) is 22.3. The number of nitrogens with zero attached hydrogens (tertiary/aromatic N) is 1. The van der Waals surface area contributed by atoms with Gasteiger partial charge in [-0.3, -0.25) is 9.59 Å². The molecule has 3 rings (SSSR count). The molecule has 0 bridgehead atoms. The Balaban J connectivity index is 1.96. The molecule has 0 aliphatic rings. The van der Waals surface area contributed by atoms with Crippen molar-refractivity contribution >= 4 is 11.8 Å². The third-order valence-corrected chi connectivity index (χ3v) is 5.96. The van der Waals surface area contributed by atoms with E-state index in [-0.39, 0.29) is 31.4 Å². The van der Waals surface area contributed by atoms with E-state index in [9.17, 15) is 14.0 Å². The minimum atomic E-state index is -0.863. The molecule has 2 amide bonds. The summed E-state index contributed by atoms with van der Waals surface area (Å²) < 4.78 is 20.7. The molecular weight excluding hydrogens is 467 g/mol. The summed E-state index contributed by atoms with van der Waals surface area (Å²) in [7, 11) is 0. The molecule has 0 aliphatic carbocycles. The summed E-state index contributed by atoms with van der Waals surface area (Å²) in [6.07, 6.45) is 0.283. The summed E-state index contributed by atoms with van der Waals surface area (Å²) in [5, 5.41) is 3.01. The predicted molar refractivity (Wildman–Crippen MR) is 145 cm³/mol. The molecular formula is C31H37FN2O3. The van der Waals surface area contributed by atoms with Gasteiger partial charge in [0.1, 0.15) is 17.6 Å². The lowest BCUT2D eigenvalue weighted by Gasteiger charge is -2.34. The van der Waals surface area contributed by atoms with Crippen LogP contribution in [0, 0.1) is 5.82 Å². The number of para-hydroxylation sites is 1. The molecule has 0 spiro atoms. The monoisotopic (exact) mass is 504 g/mol. The Morgan fingerprint density at radius 2 is 1.54 bits per heavy atom. The van der Waals surface area contributed by atoms with E-state index < -0.39 is 23.3 Å². The number of amides is 2. The topological polar surface area (TPSA) is 58.6 Å². The average molecular weight is 505 g/mol. The van der Waals surface area contributed by atoms with Crippen LogP contribution >= 0.6 is 0 Å². The van der Waals surface area contributed by atoms with Crippen molar-refractivity contribution in [3.8, 4) is 5.75 Å². The van der Waals surface area contributed by atoms with Crippen LogP contribution < -0.4 is 10.1 Å². The normalized spacial score (nSPS) is 12.2. The van der Waals surface area contributed by atoms with Gasteiger partial charge in [0.25, 0.3) is 5.91 Å². The second-order valence-electron chi connectivity index (χ2n) is 10.5. The number of carbonyl (C=O) groups is 2. The summed E-state index contributed by atoms with van der Waals surface area (Å²) in [4.78, 5) is 28.7. The van der Waals surface area contributed by atoms with Gasteiger partial charge in [-0.1, -0.05) is 80.6 Å². The Kier molecular flexibility index (Phi) is 9.45. The van der Waals surface area contributed by atoms with Crippen molar-refractivity contribution in [2.45, 2.75) is 65.1 Å². The van der Waals surface area contributed by atoms with Gasteiger partial charge in [-0.05, 0) is 49.9 Å². The van der Waals surface area contributed by atoms with Crippen LogP contribution in [-0.4, -0.2) is 34.9 Å². The minimum absolute atomic E-state index is 0.0598. The van der Waals surface area contributed by atoms with Crippen LogP contribution in [0.5, 0.6) is 5.75 Å². The van der Waals surface area contributed by atoms with Gasteiger partial charge in [0.2, 0.25) is 5.91 Å². The lowest BCUT2D eigenvalue weighted by Crippen LogP contribution is -2.55. The van der Waals surface area contributed by atoms with E-state index >= 15 is 0 Å². The Hall–Kier alpha value is -3.67. The van der Waals surface area contributed by atoms with Crippen molar-refractivity contribution in [3.05, 3.63) is 101 Å². The highest BCUT2D eigenvalue weighted by Gasteiger charge is 2.33. The summed E-state index contributed by atoms with van der Waals surface area (Å²) >= 11 is 0. The molecule has 6 heteroatoms. The first-order valence-electron chi connectivity index (χ1n) is 12.7. The number of hydrogen-bond donors (Lipinski definition) is 1. The van der Waals surface area contributed by atoms with Crippen LogP contribution in [0.2, 0.25) is 0 Å². The van der Waals surface area contributed by atoms with E-state index in [1.165, 1.54) is 11.0 Å². The Morgan fingerprint density at radius 1 is 0.919 bits per heavy atom. The molecule has 0 fully saturated rings. The van der Waals surface area contributed by atoms with Crippen LogP contribution in [0.25, 0.3) is 0 Å². The fraction of sp³-hybridized carbons (Fsp3) is 0.355. The highest BCUT2D eigenvalue weighted by molar-refractivity contribution is 5.89. The first-order chi connectivity index (χ1) is 17.5. The molecule has 0 heterocycles. The van der Waals surface area contributed by atoms with Crippen molar-refractivity contribution in [1.29, 1.82) is 0 Å². The van der Waals surface area contributed by atoms with Gasteiger partial charge < -0.3 is 15.0 Å². The van der Waals surface area contributed by atoms with Crippen LogP contribution in [0.1, 0.15) is 57.2 Å². The van der Waals surface area contributed by atoms with Gasteiger partial charge in [0.15, 0.2) is 6.61 Å². The van der Waals surface area contributed by atoms with Crippen LogP contribution in [0.4, 0.5) is 4.39 Å². The molecule has 0 saturated carbocycles. The van der Waals surface area contributed by atoms with Gasteiger partial charge in [-0.25, -0.2) is 4.39 Å². The van der Waals surface area contributed by atoms with Gasteiger partial charge in [0.05, 0.1) is 0 Å². The lowest BCUT2D eigenvalue weighted by molar-refractivity contribution is -0.143. The first kappa shape index (κ1) is 27.9. The highest BCUT2D eigenvalue weighted by Crippen LogP contribution is 2.26. The average Bonchev–Trinajstić information content (AvgIpc) is 2.85. The highest BCUT2D eigenvalue weighted by atomic mass is 19.1. The largest absolute Gasteiger partial charge is 0.483 e. The molecule has 196 valence electrons. The van der Waals surface area contributed by atoms with Gasteiger partial charge >= 0.3 is 0 Å². The summed E-state index contributed by atoms with van der Waals surface area (Å²) in [6.45, 7) is 9.45. The molecule has 3 aromatic carbocycles. The summed E-state index contributed by atoms with van der Waals surface area (Å²) in [5.41, 5.74) is 1.71. The fourth-order valence-corrected chi connectivity index (χ4v) is 4.13. The maximum absolute atomic E-state index is 14.7. The second kappa shape index (κ2) is 12.5. The maximum atomic E-state index is 14.7. The van der Waals surface area contributed by atoms with Crippen molar-refractivity contribution in [2.24, 2.45) is 0 Å². The molecule has 0 saturated heterocycles. The Bertz CT molecular complexity index is 1190. The molecule has 1 atom stereocenters. The van der Waals surface area contributed by atoms with Crippen LogP contribution in [0.15, 0.2) is 78.9 Å². The van der Waals surface area contributed by atoms with Crippen LogP contribution in [0.3, 0.4) is 0 Å². The number of rotatable bonds is 10. The fourth-order valence-electron chi connectivity index (χ4n) is 4.13. The van der Waals surface area contributed by atoms with Crippen LogP contribution in [-0.2, 0) is 22.6 Å². The zero-order valence-electron chi connectivity index (χ0n) is 22.3. The van der Waals surface area contributed by atoms with E-state index in [1.807, 2.05) is 75.4 Å². The van der Waals surface area contributed by atoms with E-state index in [0.29, 0.717) is 11.3 Å². The number of halogens is 1. The molecule has 0 aliphatic heterocycles. The van der Waals surface area contributed by atoms with E-state index in [1.54, 1.807) is 18.2 Å². The quantitative estimate of drug-likeness (QED) is 0.375. The SMILES string of the molecule is CC(C)c1ccccc1OCC(=O)N(Cc1ccccc1F)[C@H](Cc1ccccc1)C(=O)NC(C)(C)C. The summed E-state index contributed by atoms with van der Waals surface area (Å²) in [5.74, 6) is -0.295. The first-order valence-corrected chi connectivity index (χ1v) is 12.7. The third-order valence-electron chi connectivity index (χ3n) is 5.96. The maximum Gasteiger partial charge on any atom is 0.261 e. The van der Waals surface area contributed by atoms with Gasteiger partial charge in [0, 0.05) is 24.1 Å². The molecule has 37 heavy (non-hydrogen) atoms.